The van der Waals surface area contributed by atoms with E-state index in [0.717, 1.165) is 6.26 Å². The fraction of sp³-hybridized carbons (Fsp3) is 0.333. The van der Waals surface area contributed by atoms with Gasteiger partial charge in [-0.3, -0.25) is 4.79 Å². The maximum Gasteiger partial charge on any atom is 0.513 e. The molecule has 180 valence electrons. The number of sulfone groups is 1. The monoisotopic (exact) mass is 499 g/mol. The van der Waals surface area contributed by atoms with Gasteiger partial charge in [0.1, 0.15) is 17.8 Å². The van der Waals surface area contributed by atoms with Gasteiger partial charge in [0.2, 0.25) is 0 Å². The Bertz CT molecular complexity index is 1100. The maximum atomic E-state index is 13.7. The van der Waals surface area contributed by atoms with E-state index in [-0.39, 0.29) is 35.8 Å². The minimum atomic E-state index is -4.26. The highest BCUT2D eigenvalue weighted by atomic mass is 32.2. The lowest BCUT2D eigenvalue weighted by molar-refractivity contribution is -0.137. The number of ether oxygens (including phenoxy) is 1. The minimum Gasteiger partial charge on any atom is -0.481 e. The lowest BCUT2D eigenvalue weighted by Gasteiger charge is -2.24. The fourth-order valence-corrected chi connectivity index (χ4v) is 4.83. The molecular formula is C21H26NO9PS. The number of carbonyl (C=O) groups excluding carboxylic acids is 1. The summed E-state index contributed by atoms with van der Waals surface area (Å²) in [7, 11) is -7.71. The molecule has 2 aromatic carbocycles. The number of carbonyl (C=O) groups is 2. The third-order valence-electron chi connectivity index (χ3n) is 4.27. The van der Waals surface area contributed by atoms with E-state index in [2.05, 4.69) is 5.09 Å². The van der Waals surface area contributed by atoms with E-state index in [1.54, 1.807) is 25.1 Å². The van der Waals surface area contributed by atoms with Crippen molar-refractivity contribution in [2.45, 2.75) is 30.7 Å². The van der Waals surface area contributed by atoms with E-state index in [0.29, 0.717) is 18.5 Å². The molecule has 0 spiro atoms. The summed E-state index contributed by atoms with van der Waals surface area (Å²) in [6, 6.07) is 10.6. The third kappa shape index (κ3) is 8.62. The van der Waals surface area contributed by atoms with E-state index >= 15 is 0 Å². The van der Waals surface area contributed by atoms with Crippen molar-refractivity contribution in [3.05, 3.63) is 54.1 Å². The van der Waals surface area contributed by atoms with Crippen LogP contribution < -0.4 is 14.1 Å². The number of aldehydes is 1. The second-order valence-electron chi connectivity index (χ2n) is 6.96. The summed E-state index contributed by atoms with van der Waals surface area (Å²) in [5.74, 6) is -0.864. The summed E-state index contributed by atoms with van der Waals surface area (Å²) in [5.41, 5.74) is 0.477. The highest BCUT2D eigenvalue weighted by Gasteiger charge is 2.33. The van der Waals surface area contributed by atoms with Gasteiger partial charge in [0.15, 0.2) is 9.84 Å². The van der Waals surface area contributed by atoms with Gasteiger partial charge in [-0.2, -0.15) is 5.09 Å². The Morgan fingerprint density at radius 3 is 2.39 bits per heavy atom. The molecule has 0 radical (unpaired) electrons. The van der Waals surface area contributed by atoms with Gasteiger partial charge in [-0.15, -0.1) is 0 Å². The normalized spacial score (nSPS) is 14.1. The summed E-state index contributed by atoms with van der Waals surface area (Å²) in [6.45, 7) is 1.96. The second-order valence-corrected chi connectivity index (χ2v) is 10.6. The summed E-state index contributed by atoms with van der Waals surface area (Å²) in [4.78, 5) is 22.5. The number of para-hydroxylation sites is 1. The third-order valence-corrected chi connectivity index (χ3v) is 6.93. The Kier molecular flexibility index (Phi) is 9.60. The Morgan fingerprint density at radius 2 is 1.82 bits per heavy atom. The summed E-state index contributed by atoms with van der Waals surface area (Å²) < 4.78 is 53.5. The van der Waals surface area contributed by atoms with Crippen LogP contribution in [0.2, 0.25) is 0 Å². The maximum absolute atomic E-state index is 13.7. The fourth-order valence-electron chi connectivity index (χ4n) is 2.68. The van der Waals surface area contributed by atoms with Crippen LogP contribution in [0.1, 0.15) is 18.9 Å². The Morgan fingerprint density at radius 1 is 1.15 bits per heavy atom. The van der Waals surface area contributed by atoms with Crippen molar-refractivity contribution in [1.82, 2.24) is 5.09 Å². The smallest absolute Gasteiger partial charge is 0.481 e. The molecular weight excluding hydrogens is 473 g/mol. The molecule has 0 saturated heterocycles. The molecule has 0 saturated carbocycles. The van der Waals surface area contributed by atoms with Gasteiger partial charge in [-0.05, 0) is 49.2 Å². The number of benzene rings is 2. The highest BCUT2D eigenvalue weighted by molar-refractivity contribution is 7.90. The first-order valence-corrected chi connectivity index (χ1v) is 13.4. The van der Waals surface area contributed by atoms with E-state index in [4.69, 9.17) is 18.9 Å². The zero-order valence-corrected chi connectivity index (χ0v) is 19.9. The van der Waals surface area contributed by atoms with Gasteiger partial charge in [0, 0.05) is 19.3 Å². The SMILES string of the molecule is CCOC[C@@H](C=O)NP(=O)(Oc1ccc(S(C)(=O)=O)cc1)Oc1ccccc1CCC(=O)O. The molecule has 0 fully saturated rings. The quantitative estimate of drug-likeness (QED) is 0.294. The first-order chi connectivity index (χ1) is 15.6. The molecule has 2 N–H and O–H groups in total. The first kappa shape index (κ1) is 26.5. The Balaban J connectivity index is 2.36. The Hall–Kier alpha value is -2.72. The number of carboxylic acid groups (broad SMARTS) is 1. The molecule has 0 amide bonds. The molecule has 2 aromatic rings. The van der Waals surface area contributed by atoms with Crippen LogP contribution in [0.3, 0.4) is 0 Å². The van der Waals surface area contributed by atoms with Crippen LogP contribution in [0.5, 0.6) is 11.5 Å². The van der Waals surface area contributed by atoms with Crippen LogP contribution in [0.15, 0.2) is 53.4 Å². The van der Waals surface area contributed by atoms with Gasteiger partial charge in [-0.25, -0.2) is 13.0 Å². The van der Waals surface area contributed by atoms with Crippen LogP contribution in [0, 0.1) is 0 Å². The topological polar surface area (TPSA) is 145 Å². The number of aryl methyl sites for hydroxylation is 1. The van der Waals surface area contributed by atoms with E-state index in [1.807, 2.05) is 0 Å². The zero-order chi connectivity index (χ0) is 24.5. The summed E-state index contributed by atoms with van der Waals surface area (Å²) >= 11 is 0. The first-order valence-electron chi connectivity index (χ1n) is 9.96. The van der Waals surface area contributed by atoms with Crippen molar-refractivity contribution in [2.75, 3.05) is 19.5 Å². The predicted octanol–water partition coefficient (Wildman–Crippen LogP) is 2.87. The average molecular weight is 499 g/mol. The van der Waals surface area contributed by atoms with Gasteiger partial charge < -0.3 is 23.7 Å². The van der Waals surface area contributed by atoms with Crippen LogP contribution >= 0.6 is 7.75 Å². The molecule has 0 aromatic heterocycles. The number of rotatable bonds is 14. The number of aliphatic carboxylic acids is 1. The predicted molar refractivity (Wildman–Crippen MR) is 120 cm³/mol. The number of nitrogens with one attached hydrogen (secondary N) is 1. The lowest BCUT2D eigenvalue weighted by Crippen LogP contribution is -2.35. The van der Waals surface area contributed by atoms with E-state index < -0.39 is 29.6 Å². The molecule has 2 atom stereocenters. The highest BCUT2D eigenvalue weighted by Crippen LogP contribution is 2.46. The molecule has 0 heterocycles. The van der Waals surface area contributed by atoms with Crippen molar-refractivity contribution < 1.29 is 41.5 Å². The van der Waals surface area contributed by atoms with Crippen molar-refractivity contribution >= 4 is 29.8 Å². The van der Waals surface area contributed by atoms with Gasteiger partial charge in [0.25, 0.3) is 0 Å². The summed E-state index contributed by atoms with van der Waals surface area (Å²) in [6.07, 6.45) is 1.49. The molecule has 2 rings (SSSR count). The van der Waals surface area contributed by atoms with Crippen molar-refractivity contribution in [3.63, 3.8) is 0 Å². The van der Waals surface area contributed by atoms with Crippen molar-refractivity contribution in [2.24, 2.45) is 0 Å². The van der Waals surface area contributed by atoms with Crippen molar-refractivity contribution in [3.8, 4) is 11.5 Å². The van der Waals surface area contributed by atoms with E-state index in [1.165, 1.54) is 30.3 Å². The van der Waals surface area contributed by atoms with Gasteiger partial charge >= 0.3 is 13.7 Å². The van der Waals surface area contributed by atoms with Crippen LogP contribution in [0.4, 0.5) is 0 Å². The molecule has 1 unspecified atom stereocenters. The molecule has 12 heteroatoms. The van der Waals surface area contributed by atoms with Crippen LogP contribution in [-0.2, 0) is 35.1 Å². The number of hydrogen-bond acceptors (Lipinski definition) is 8. The summed E-state index contributed by atoms with van der Waals surface area (Å²) in [5, 5.41) is 11.5. The minimum absolute atomic E-state index is 0.0299. The largest absolute Gasteiger partial charge is 0.513 e. The second kappa shape index (κ2) is 11.9. The average Bonchev–Trinajstić information content (AvgIpc) is 2.75. The zero-order valence-electron chi connectivity index (χ0n) is 18.2. The van der Waals surface area contributed by atoms with Crippen LogP contribution in [-0.4, -0.2) is 51.3 Å². The van der Waals surface area contributed by atoms with Crippen molar-refractivity contribution in [1.29, 1.82) is 0 Å². The van der Waals surface area contributed by atoms with E-state index in [9.17, 15) is 22.6 Å². The molecule has 0 aliphatic heterocycles. The van der Waals surface area contributed by atoms with Gasteiger partial charge in [0.05, 0.1) is 17.5 Å². The molecule has 33 heavy (non-hydrogen) atoms. The molecule has 0 aliphatic carbocycles. The molecule has 0 bridgehead atoms. The van der Waals surface area contributed by atoms with Crippen LogP contribution in [0.25, 0.3) is 0 Å². The Labute approximate surface area is 192 Å². The van der Waals surface area contributed by atoms with Gasteiger partial charge in [-0.1, -0.05) is 18.2 Å². The molecule has 10 nitrogen and oxygen atoms in total. The lowest BCUT2D eigenvalue weighted by atomic mass is 10.1. The standard InChI is InChI=1S/C21H26NO9PS/c1-3-29-15-17(14-23)22-32(26,30-18-9-11-19(12-10-18)33(2,27)28)31-20-7-5-4-6-16(20)8-13-21(24)25/h4-7,9-12,14,17H,3,8,13,15H2,1-2H3,(H,22,26)(H,24,25)/t17-,32?/m1/s1. The number of hydrogen-bond donors (Lipinski definition) is 2. The molecule has 0 aliphatic rings. The number of carboxylic acids is 1.